The van der Waals surface area contributed by atoms with E-state index in [9.17, 15) is 4.79 Å². The van der Waals surface area contributed by atoms with E-state index >= 15 is 0 Å². The number of piperidine rings is 1. The summed E-state index contributed by atoms with van der Waals surface area (Å²) in [5, 5.41) is 0. The highest BCUT2D eigenvalue weighted by atomic mass is 16.3. The lowest BCUT2D eigenvalue weighted by molar-refractivity contribution is 0.0674. The third kappa shape index (κ3) is 3.15. The number of aromatic nitrogens is 3. The van der Waals surface area contributed by atoms with Gasteiger partial charge in [-0.05, 0) is 42.7 Å². The fourth-order valence-corrected chi connectivity index (χ4v) is 3.36. The average Bonchev–Trinajstić information content (AvgIpc) is 3.23. The van der Waals surface area contributed by atoms with Gasteiger partial charge in [0.2, 0.25) is 0 Å². The Labute approximate surface area is 145 Å². The molecule has 6 heteroatoms. The first kappa shape index (κ1) is 15.5. The maximum Gasteiger partial charge on any atom is 0.289 e. The molecule has 126 valence electrons. The van der Waals surface area contributed by atoms with E-state index < -0.39 is 0 Å². The molecule has 0 aromatic carbocycles. The second kappa shape index (κ2) is 6.84. The zero-order valence-electron chi connectivity index (χ0n) is 13.7. The highest BCUT2D eigenvalue weighted by Gasteiger charge is 2.29. The minimum Gasteiger partial charge on any atom is -0.459 e. The topological polar surface area (TPSA) is 72.1 Å². The number of carbonyl (C=O) groups is 1. The summed E-state index contributed by atoms with van der Waals surface area (Å²) < 4.78 is 5.26. The molecular weight excluding hydrogens is 316 g/mol. The van der Waals surface area contributed by atoms with Gasteiger partial charge in [-0.15, -0.1) is 0 Å². The van der Waals surface area contributed by atoms with Crippen LogP contribution in [0, 0.1) is 0 Å². The van der Waals surface area contributed by atoms with Crippen LogP contribution in [0.3, 0.4) is 0 Å². The van der Waals surface area contributed by atoms with Crippen molar-refractivity contribution in [2.24, 2.45) is 0 Å². The second-order valence-electron chi connectivity index (χ2n) is 6.13. The molecular formula is C19H18N4O2. The molecule has 25 heavy (non-hydrogen) atoms. The molecule has 4 heterocycles. The van der Waals surface area contributed by atoms with Crippen molar-refractivity contribution in [1.82, 2.24) is 19.9 Å². The molecule has 0 radical (unpaired) electrons. The van der Waals surface area contributed by atoms with Gasteiger partial charge in [0, 0.05) is 43.2 Å². The fourth-order valence-electron chi connectivity index (χ4n) is 3.36. The van der Waals surface area contributed by atoms with Crippen molar-refractivity contribution in [2.45, 2.75) is 18.8 Å². The third-order valence-corrected chi connectivity index (χ3v) is 4.56. The fraction of sp³-hybridized carbons (Fsp3) is 0.263. The van der Waals surface area contributed by atoms with E-state index in [2.05, 4.69) is 15.0 Å². The van der Waals surface area contributed by atoms with Crippen LogP contribution in [0.25, 0.3) is 11.1 Å². The van der Waals surface area contributed by atoms with Crippen LogP contribution in [0.15, 0.2) is 59.9 Å². The molecule has 0 N–H and O–H groups in total. The highest BCUT2D eigenvalue weighted by molar-refractivity contribution is 5.91. The standard InChI is InChI=1S/C19H18N4O2/c24-19(17-4-2-10-25-17)23-9-1-3-15(12-23)18-16(11-21-13-22-18)14-5-7-20-8-6-14/h2,4-8,10-11,13,15H,1,3,9,12H2/t15-/m0/s1. The van der Waals surface area contributed by atoms with Crippen molar-refractivity contribution in [3.63, 3.8) is 0 Å². The molecule has 1 atom stereocenters. The largest absolute Gasteiger partial charge is 0.459 e. The molecule has 0 aliphatic carbocycles. The zero-order chi connectivity index (χ0) is 17.1. The van der Waals surface area contributed by atoms with Crippen LogP contribution in [-0.2, 0) is 0 Å². The Kier molecular flexibility index (Phi) is 4.24. The van der Waals surface area contributed by atoms with Crippen LogP contribution in [0.2, 0.25) is 0 Å². The van der Waals surface area contributed by atoms with Crippen molar-refractivity contribution in [3.05, 3.63) is 66.9 Å². The van der Waals surface area contributed by atoms with E-state index in [1.165, 1.54) is 6.26 Å². The smallest absolute Gasteiger partial charge is 0.289 e. The van der Waals surface area contributed by atoms with Crippen molar-refractivity contribution in [3.8, 4) is 11.1 Å². The van der Waals surface area contributed by atoms with E-state index in [1.54, 1.807) is 30.9 Å². The van der Waals surface area contributed by atoms with Gasteiger partial charge in [0.1, 0.15) is 6.33 Å². The number of furan rings is 1. The predicted molar refractivity (Wildman–Crippen MR) is 91.8 cm³/mol. The molecule has 1 aliphatic rings. The summed E-state index contributed by atoms with van der Waals surface area (Å²) in [4.78, 5) is 27.2. The number of rotatable bonds is 3. The number of hydrogen-bond donors (Lipinski definition) is 0. The second-order valence-corrected chi connectivity index (χ2v) is 6.13. The van der Waals surface area contributed by atoms with Gasteiger partial charge in [0.25, 0.3) is 5.91 Å². The van der Waals surface area contributed by atoms with Crippen LogP contribution in [0.5, 0.6) is 0 Å². The number of hydrogen-bond acceptors (Lipinski definition) is 5. The Balaban J connectivity index is 1.61. The zero-order valence-corrected chi connectivity index (χ0v) is 13.7. The summed E-state index contributed by atoms with van der Waals surface area (Å²) in [6, 6.07) is 7.35. The Morgan fingerprint density at radius 3 is 2.88 bits per heavy atom. The Hall–Kier alpha value is -3.02. The molecule has 0 bridgehead atoms. The van der Waals surface area contributed by atoms with Crippen LogP contribution in [0.4, 0.5) is 0 Å². The summed E-state index contributed by atoms with van der Waals surface area (Å²) >= 11 is 0. The highest BCUT2D eigenvalue weighted by Crippen LogP contribution is 2.32. The number of amides is 1. The third-order valence-electron chi connectivity index (χ3n) is 4.56. The Morgan fingerprint density at radius 1 is 1.20 bits per heavy atom. The number of nitrogens with zero attached hydrogens (tertiary/aromatic N) is 4. The first-order valence-corrected chi connectivity index (χ1v) is 8.36. The quantitative estimate of drug-likeness (QED) is 0.736. The van der Waals surface area contributed by atoms with Gasteiger partial charge >= 0.3 is 0 Å². The number of pyridine rings is 1. The monoisotopic (exact) mass is 334 g/mol. The lowest BCUT2D eigenvalue weighted by Gasteiger charge is -2.32. The molecule has 1 amide bonds. The summed E-state index contributed by atoms with van der Waals surface area (Å²) in [7, 11) is 0. The average molecular weight is 334 g/mol. The molecule has 6 nitrogen and oxygen atoms in total. The predicted octanol–water partition coefficient (Wildman–Crippen LogP) is 3.15. The van der Waals surface area contributed by atoms with Gasteiger partial charge in [0.05, 0.1) is 12.0 Å². The molecule has 3 aromatic heterocycles. The lowest BCUT2D eigenvalue weighted by Crippen LogP contribution is -2.39. The molecule has 1 saturated heterocycles. The van der Waals surface area contributed by atoms with Crippen LogP contribution in [-0.4, -0.2) is 38.8 Å². The summed E-state index contributed by atoms with van der Waals surface area (Å²) in [5.74, 6) is 0.505. The molecule has 1 aliphatic heterocycles. The van der Waals surface area contributed by atoms with Crippen molar-refractivity contribution in [1.29, 1.82) is 0 Å². The SMILES string of the molecule is O=C(c1ccco1)N1CCC[C@H](c2ncncc2-c2ccncc2)C1. The maximum absolute atomic E-state index is 12.6. The molecule has 0 spiro atoms. The van der Waals surface area contributed by atoms with Crippen LogP contribution < -0.4 is 0 Å². The normalized spacial score (nSPS) is 17.4. The van der Waals surface area contributed by atoms with Gasteiger partial charge < -0.3 is 9.32 Å². The van der Waals surface area contributed by atoms with Gasteiger partial charge in [-0.1, -0.05) is 0 Å². The first-order chi connectivity index (χ1) is 12.3. The summed E-state index contributed by atoms with van der Waals surface area (Å²) in [5.41, 5.74) is 3.03. The minimum atomic E-state index is -0.0609. The number of carbonyl (C=O) groups excluding carboxylic acids is 1. The van der Waals surface area contributed by atoms with E-state index in [1.807, 2.05) is 23.2 Å². The van der Waals surface area contributed by atoms with Gasteiger partial charge in [0.15, 0.2) is 5.76 Å². The molecule has 0 saturated carbocycles. The summed E-state index contributed by atoms with van der Waals surface area (Å²) in [6.45, 7) is 1.38. The van der Waals surface area contributed by atoms with Crippen LogP contribution >= 0.6 is 0 Å². The van der Waals surface area contributed by atoms with Crippen LogP contribution in [0.1, 0.15) is 35.0 Å². The molecule has 0 unspecified atom stereocenters. The lowest BCUT2D eigenvalue weighted by atomic mass is 9.90. The van der Waals surface area contributed by atoms with Gasteiger partial charge in [-0.2, -0.15) is 0 Å². The molecule has 1 fully saturated rings. The number of likely N-dealkylation sites (tertiary alicyclic amines) is 1. The van der Waals surface area contributed by atoms with Crippen molar-refractivity contribution >= 4 is 5.91 Å². The van der Waals surface area contributed by atoms with Gasteiger partial charge in [-0.3, -0.25) is 9.78 Å². The Bertz CT molecular complexity index is 849. The maximum atomic E-state index is 12.6. The van der Waals surface area contributed by atoms with Gasteiger partial charge in [-0.25, -0.2) is 9.97 Å². The van der Waals surface area contributed by atoms with Crippen molar-refractivity contribution in [2.75, 3.05) is 13.1 Å². The molecule has 3 aromatic rings. The Morgan fingerprint density at radius 2 is 2.08 bits per heavy atom. The van der Waals surface area contributed by atoms with Crippen molar-refractivity contribution < 1.29 is 9.21 Å². The van der Waals surface area contributed by atoms with E-state index in [4.69, 9.17) is 4.42 Å². The van der Waals surface area contributed by atoms with E-state index in [0.29, 0.717) is 12.3 Å². The van der Waals surface area contributed by atoms with E-state index in [0.717, 1.165) is 36.2 Å². The van der Waals surface area contributed by atoms with E-state index in [-0.39, 0.29) is 11.8 Å². The minimum absolute atomic E-state index is 0.0609. The molecule has 4 rings (SSSR count). The first-order valence-electron chi connectivity index (χ1n) is 8.36. The summed E-state index contributed by atoms with van der Waals surface area (Å²) in [6.07, 6.45) is 10.4.